The average molecular weight is 271 g/mol. The molecule has 4 heteroatoms. The Balaban J connectivity index is 2.19. The van der Waals surface area contributed by atoms with Crippen molar-refractivity contribution in [2.75, 3.05) is 5.73 Å². The Kier molecular flexibility index (Phi) is 3.94. The molecule has 2 rings (SSSR count). The summed E-state index contributed by atoms with van der Waals surface area (Å²) >= 11 is 0. The van der Waals surface area contributed by atoms with Crippen LogP contribution in [0.5, 0.6) is 11.5 Å². The molecule has 4 nitrogen and oxygen atoms in total. The van der Waals surface area contributed by atoms with E-state index >= 15 is 0 Å². The Morgan fingerprint density at radius 2 is 1.80 bits per heavy atom. The summed E-state index contributed by atoms with van der Waals surface area (Å²) < 4.78 is 5.66. The van der Waals surface area contributed by atoms with Gasteiger partial charge >= 0.3 is 5.97 Å². The van der Waals surface area contributed by atoms with Crippen molar-refractivity contribution in [3.8, 4) is 11.5 Å². The summed E-state index contributed by atoms with van der Waals surface area (Å²) in [7, 11) is 0. The molecular formula is C16H17NO3. The van der Waals surface area contributed by atoms with Crippen molar-refractivity contribution in [1.29, 1.82) is 0 Å². The van der Waals surface area contributed by atoms with Crippen LogP contribution in [0.2, 0.25) is 0 Å². The second-order valence-corrected chi connectivity index (χ2v) is 4.88. The Hall–Kier alpha value is -2.49. The lowest BCUT2D eigenvalue weighted by atomic mass is 10.0. The second kappa shape index (κ2) is 5.65. The second-order valence-electron chi connectivity index (χ2n) is 4.88. The number of carboxylic acid groups (broad SMARTS) is 1. The Bertz CT molecular complexity index is 618. The summed E-state index contributed by atoms with van der Waals surface area (Å²) in [4.78, 5) is 10.8. The van der Waals surface area contributed by atoms with Crippen LogP contribution in [0, 0.1) is 0 Å². The highest BCUT2D eigenvalue weighted by atomic mass is 16.5. The molecule has 0 saturated heterocycles. The number of carbonyl (C=O) groups is 1. The first-order chi connectivity index (χ1) is 9.47. The molecule has 0 aliphatic rings. The van der Waals surface area contributed by atoms with Gasteiger partial charge in [-0.2, -0.15) is 0 Å². The topological polar surface area (TPSA) is 72.5 Å². The molecule has 0 bridgehead atoms. The van der Waals surface area contributed by atoms with Gasteiger partial charge in [0.25, 0.3) is 0 Å². The fraction of sp³-hybridized carbons (Fsp3) is 0.188. The largest absolute Gasteiger partial charge is 0.478 e. The lowest BCUT2D eigenvalue weighted by Crippen LogP contribution is -1.99. The quantitative estimate of drug-likeness (QED) is 0.828. The molecular weight excluding hydrogens is 254 g/mol. The molecule has 2 aromatic rings. The third-order valence-electron chi connectivity index (χ3n) is 3.03. The Labute approximate surface area is 117 Å². The SMILES string of the molecule is CC(C)c1ccc(Oc2ccc(C(=O)O)cc2N)cc1. The van der Waals surface area contributed by atoms with Crippen molar-refractivity contribution < 1.29 is 14.6 Å². The van der Waals surface area contributed by atoms with Gasteiger partial charge in [0.2, 0.25) is 0 Å². The number of ether oxygens (including phenoxy) is 1. The maximum absolute atomic E-state index is 10.8. The molecule has 0 amide bonds. The molecule has 0 spiro atoms. The van der Waals surface area contributed by atoms with Gasteiger partial charge in [0, 0.05) is 0 Å². The fourth-order valence-electron chi connectivity index (χ4n) is 1.82. The van der Waals surface area contributed by atoms with Crippen molar-refractivity contribution in [2.24, 2.45) is 0 Å². The molecule has 0 unspecified atom stereocenters. The van der Waals surface area contributed by atoms with E-state index in [1.165, 1.54) is 17.7 Å². The molecule has 3 N–H and O–H groups in total. The highest BCUT2D eigenvalue weighted by molar-refractivity contribution is 5.89. The molecule has 0 fully saturated rings. The van der Waals surface area contributed by atoms with Crippen molar-refractivity contribution >= 4 is 11.7 Å². The van der Waals surface area contributed by atoms with Crippen molar-refractivity contribution in [3.05, 3.63) is 53.6 Å². The zero-order chi connectivity index (χ0) is 14.7. The highest BCUT2D eigenvalue weighted by Gasteiger charge is 2.08. The first kappa shape index (κ1) is 13.9. The van der Waals surface area contributed by atoms with Gasteiger partial charge in [0.15, 0.2) is 0 Å². The van der Waals surface area contributed by atoms with Gasteiger partial charge in [0.1, 0.15) is 11.5 Å². The number of carboxylic acids is 1. The van der Waals surface area contributed by atoms with Gasteiger partial charge in [-0.25, -0.2) is 4.79 Å². The predicted octanol–water partition coefficient (Wildman–Crippen LogP) is 3.88. The van der Waals surface area contributed by atoms with Crippen molar-refractivity contribution in [2.45, 2.75) is 19.8 Å². The number of hydrogen-bond donors (Lipinski definition) is 2. The monoisotopic (exact) mass is 271 g/mol. The van der Waals surface area contributed by atoms with Crippen molar-refractivity contribution in [1.82, 2.24) is 0 Å². The van der Waals surface area contributed by atoms with Crippen LogP contribution >= 0.6 is 0 Å². The maximum atomic E-state index is 10.8. The number of benzene rings is 2. The number of rotatable bonds is 4. The summed E-state index contributed by atoms with van der Waals surface area (Å²) in [6.07, 6.45) is 0. The van der Waals surface area contributed by atoms with Crippen LogP contribution < -0.4 is 10.5 Å². The van der Waals surface area contributed by atoms with E-state index in [1.54, 1.807) is 6.07 Å². The number of aromatic carboxylic acids is 1. The minimum absolute atomic E-state index is 0.144. The van der Waals surface area contributed by atoms with Crippen LogP contribution in [0.3, 0.4) is 0 Å². The Morgan fingerprint density at radius 3 is 2.30 bits per heavy atom. The maximum Gasteiger partial charge on any atom is 0.335 e. The van der Waals surface area contributed by atoms with Crippen molar-refractivity contribution in [3.63, 3.8) is 0 Å². The predicted molar refractivity (Wildman–Crippen MR) is 78.4 cm³/mol. The fourth-order valence-corrected chi connectivity index (χ4v) is 1.82. The van der Waals surface area contributed by atoms with Gasteiger partial charge in [-0.3, -0.25) is 0 Å². The molecule has 0 aliphatic heterocycles. The minimum atomic E-state index is -1.01. The zero-order valence-corrected chi connectivity index (χ0v) is 11.5. The summed E-state index contributed by atoms with van der Waals surface area (Å²) in [6.45, 7) is 4.25. The summed E-state index contributed by atoms with van der Waals surface area (Å²) in [5, 5.41) is 8.88. The van der Waals surface area contributed by atoms with Gasteiger partial charge in [-0.05, 0) is 41.8 Å². The summed E-state index contributed by atoms with van der Waals surface area (Å²) in [5.41, 5.74) is 7.47. The van der Waals surface area contributed by atoms with Gasteiger partial charge < -0.3 is 15.6 Å². The van der Waals surface area contributed by atoms with Gasteiger partial charge in [0.05, 0.1) is 11.3 Å². The lowest BCUT2D eigenvalue weighted by molar-refractivity contribution is 0.0697. The molecule has 0 heterocycles. The lowest BCUT2D eigenvalue weighted by Gasteiger charge is -2.10. The molecule has 104 valence electrons. The van der Waals surface area contributed by atoms with E-state index in [1.807, 2.05) is 24.3 Å². The molecule has 20 heavy (non-hydrogen) atoms. The first-order valence-electron chi connectivity index (χ1n) is 6.38. The normalized spacial score (nSPS) is 10.6. The van der Waals surface area contributed by atoms with Crippen LogP contribution in [0.1, 0.15) is 35.7 Å². The summed E-state index contributed by atoms with van der Waals surface area (Å²) in [6, 6.07) is 12.2. The third-order valence-corrected chi connectivity index (χ3v) is 3.03. The van der Waals surface area contributed by atoms with Crippen LogP contribution in [-0.4, -0.2) is 11.1 Å². The average Bonchev–Trinajstić information content (AvgIpc) is 2.41. The van der Waals surface area contributed by atoms with Gasteiger partial charge in [-0.1, -0.05) is 26.0 Å². The molecule has 0 radical (unpaired) electrons. The van der Waals surface area contributed by atoms with Crippen LogP contribution in [0.15, 0.2) is 42.5 Å². The van der Waals surface area contributed by atoms with Crippen LogP contribution in [0.4, 0.5) is 5.69 Å². The zero-order valence-electron chi connectivity index (χ0n) is 11.5. The van der Waals surface area contributed by atoms with E-state index in [2.05, 4.69) is 13.8 Å². The van der Waals surface area contributed by atoms with Gasteiger partial charge in [-0.15, -0.1) is 0 Å². The van der Waals surface area contributed by atoms with E-state index in [0.29, 0.717) is 23.1 Å². The van der Waals surface area contributed by atoms with Crippen LogP contribution in [0.25, 0.3) is 0 Å². The van der Waals surface area contributed by atoms with E-state index < -0.39 is 5.97 Å². The van der Waals surface area contributed by atoms with E-state index in [-0.39, 0.29) is 5.56 Å². The Morgan fingerprint density at radius 1 is 1.15 bits per heavy atom. The number of nitrogen functional groups attached to an aromatic ring is 1. The summed E-state index contributed by atoms with van der Waals surface area (Å²) in [5.74, 6) is 0.574. The van der Waals surface area contributed by atoms with Crippen LogP contribution in [-0.2, 0) is 0 Å². The smallest absolute Gasteiger partial charge is 0.335 e. The number of nitrogens with two attached hydrogens (primary N) is 1. The highest BCUT2D eigenvalue weighted by Crippen LogP contribution is 2.29. The molecule has 0 aliphatic carbocycles. The minimum Gasteiger partial charge on any atom is -0.478 e. The number of anilines is 1. The van der Waals surface area contributed by atoms with E-state index in [9.17, 15) is 4.79 Å². The molecule has 0 saturated carbocycles. The third kappa shape index (κ3) is 3.09. The molecule has 0 aromatic heterocycles. The number of hydrogen-bond acceptors (Lipinski definition) is 3. The van der Waals surface area contributed by atoms with E-state index in [4.69, 9.17) is 15.6 Å². The first-order valence-corrected chi connectivity index (χ1v) is 6.38. The van der Waals surface area contributed by atoms with E-state index in [0.717, 1.165) is 0 Å². The molecule has 0 atom stereocenters. The molecule has 2 aromatic carbocycles. The standard InChI is InChI=1S/C16H17NO3/c1-10(2)11-3-6-13(7-4-11)20-15-8-5-12(16(18)19)9-14(15)17/h3-10H,17H2,1-2H3,(H,18,19).